The Bertz CT molecular complexity index is 282. The van der Waals surface area contributed by atoms with Gasteiger partial charge in [0.15, 0.2) is 0 Å². The fourth-order valence-electron chi connectivity index (χ4n) is 1.16. The summed E-state index contributed by atoms with van der Waals surface area (Å²) in [5.74, 6) is 0. The van der Waals surface area contributed by atoms with Crippen LogP contribution in [-0.2, 0) is 10.3 Å². The van der Waals surface area contributed by atoms with Gasteiger partial charge in [0.05, 0.1) is 18.8 Å². The van der Waals surface area contributed by atoms with E-state index in [1.54, 1.807) is 6.20 Å². The lowest BCUT2D eigenvalue weighted by molar-refractivity contribution is -0.0570. The molecule has 0 saturated carbocycles. The first-order valence-corrected chi connectivity index (χ1v) is 4.49. The fourth-order valence-corrected chi connectivity index (χ4v) is 1.39. The molecule has 2 heterocycles. The molecule has 1 saturated heterocycles. The van der Waals surface area contributed by atoms with Gasteiger partial charge in [-0.05, 0) is 27.6 Å². The Morgan fingerprint density at radius 3 is 2.67 bits per heavy atom. The lowest BCUT2D eigenvalue weighted by Gasteiger charge is -2.37. The van der Waals surface area contributed by atoms with Gasteiger partial charge in [-0.15, -0.1) is 0 Å². The Morgan fingerprint density at radius 2 is 2.25 bits per heavy atom. The molecule has 0 aliphatic carbocycles. The molecule has 3 nitrogen and oxygen atoms in total. The molecule has 1 aliphatic rings. The summed E-state index contributed by atoms with van der Waals surface area (Å²) >= 11 is 3.27. The van der Waals surface area contributed by atoms with Gasteiger partial charge in [0.1, 0.15) is 4.60 Å². The van der Waals surface area contributed by atoms with Gasteiger partial charge < -0.3 is 10.5 Å². The Labute approximate surface area is 79.1 Å². The van der Waals surface area contributed by atoms with E-state index in [0.29, 0.717) is 13.2 Å². The van der Waals surface area contributed by atoms with Crippen LogP contribution in [0.25, 0.3) is 0 Å². The van der Waals surface area contributed by atoms with E-state index in [-0.39, 0.29) is 5.54 Å². The average Bonchev–Trinajstić information content (AvgIpc) is 2.02. The van der Waals surface area contributed by atoms with Crippen molar-refractivity contribution in [3.05, 3.63) is 28.5 Å². The smallest absolute Gasteiger partial charge is 0.106 e. The highest BCUT2D eigenvalue weighted by atomic mass is 79.9. The Hall–Kier alpha value is -0.450. The molecule has 2 rings (SSSR count). The van der Waals surface area contributed by atoms with Crippen molar-refractivity contribution in [2.24, 2.45) is 5.73 Å². The fraction of sp³-hybridized carbons (Fsp3) is 0.375. The molecule has 1 aromatic heterocycles. The van der Waals surface area contributed by atoms with E-state index in [9.17, 15) is 0 Å². The Balaban J connectivity index is 2.28. The first kappa shape index (κ1) is 8.16. The van der Waals surface area contributed by atoms with E-state index >= 15 is 0 Å². The molecule has 0 unspecified atom stereocenters. The van der Waals surface area contributed by atoms with E-state index in [2.05, 4.69) is 20.9 Å². The van der Waals surface area contributed by atoms with Crippen molar-refractivity contribution in [2.75, 3.05) is 13.2 Å². The maximum atomic E-state index is 5.99. The quantitative estimate of drug-likeness (QED) is 0.731. The van der Waals surface area contributed by atoms with Gasteiger partial charge in [0.25, 0.3) is 0 Å². The van der Waals surface area contributed by atoms with E-state index < -0.39 is 0 Å². The topological polar surface area (TPSA) is 48.1 Å². The summed E-state index contributed by atoms with van der Waals surface area (Å²) in [7, 11) is 0. The van der Waals surface area contributed by atoms with Gasteiger partial charge in [0.2, 0.25) is 0 Å². The molecule has 0 amide bonds. The Morgan fingerprint density at radius 1 is 1.50 bits per heavy atom. The third-order valence-electron chi connectivity index (χ3n) is 2.02. The number of aromatic nitrogens is 1. The minimum Gasteiger partial charge on any atom is -0.377 e. The molecule has 0 spiro atoms. The molecule has 4 heteroatoms. The zero-order valence-corrected chi connectivity index (χ0v) is 8.04. The molecule has 64 valence electrons. The zero-order valence-electron chi connectivity index (χ0n) is 6.46. The van der Waals surface area contributed by atoms with Crippen LogP contribution < -0.4 is 5.73 Å². The SMILES string of the molecule is NC1(c2ccc(Br)nc2)COC1. The lowest BCUT2D eigenvalue weighted by atomic mass is 9.91. The van der Waals surface area contributed by atoms with Crippen LogP contribution in [0.4, 0.5) is 0 Å². The average molecular weight is 229 g/mol. The number of nitrogens with zero attached hydrogens (tertiary/aromatic N) is 1. The monoisotopic (exact) mass is 228 g/mol. The van der Waals surface area contributed by atoms with Gasteiger partial charge in [-0.1, -0.05) is 6.07 Å². The molecular weight excluding hydrogens is 220 g/mol. The second-order valence-electron chi connectivity index (χ2n) is 3.02. The third-order valence-corrected chi connectivity index (χ3v) is 2.49. The summed E-state index contributed by atoms with van der Waals surface area (Å²) in [6, 6.07) is 3.86. The molecular formula is C8H9BrN2O. The summed E-state index contributed by atoms with van der Waals surface area (Å²) in [4.78, 5) is 4.11. The number of rotatable bonds is 1. The van der Waals surface area contributed by atoms with Crippen LogP contribution in [0.3, 0.4) is 0 Å². The molecule has 12 heavy (non-hydrogen) atoms. The molecule has 0 aromatic carbocycles. The van der Waals surface area contributed by atoms with Gasteiger partial charge in [-0.2, -0.15) is 0 Å². The summed E-state index contributed by atoms with van der Waals surface area (Å²) in [5.41, 5.74) is 6.73. The lowest BCUT2D eigenvalue weighted by Crippen LogP contribution is -2.54. The maximum absolute atomic E-state index is 5.99. The maximum Gasteiger partial charge on any atom is 0.106 e. The summed E-state index contributed by atoms with van der Waals surface area (Å²) < 4.78 is 5.89. The van der Waals surface area contributed by atoms with Gasteiger partial charge >= 0.3 is 0 Å². The number of hydrogen-bond acceptors (Lipinski definition) is 3. The molecule has 2 N–H and O–H groups in total. The van der Waals surface area contributed by atoms with Gasteiger partial charge in [-0.3, -0.25) is 0 Å². The largest absolute Gasteiger partial charge is 0.377 e. The van der Waals surface area contributed by atoms with Crippen LogP contribution in [0.5, 0.6) is 0 Å². The highest BCUT2D eigenvalue weighted by Gasteiger charge is 2.36. The number of pyridine rings is 1. The van der Waals surface area contributed by atoms with Crippen molar-refractivity contribution in [1.29, 1.82) is 0 Å². The Kier molecular flexibility index (Phi) is 1.90. The van der Waals surface area contributed by atoms with E-state index in [1.165, 1.54) is 0 Å². The zero-order chi connectivity index (χ0) is 8.60. The number of halogens is 1. The summed E-state index contributed by atoms with van der Waals surface area (Å²) in [5, 5.41) is 0. The molecule has 1 aromatic rings. The van der Waals surface area contributed by atoms with Crippen LogP contribution in [0.15, 0.2) is 22.9 Å². The normalized spacial score (nSPS) is 20.2. The molecule has 0 radical (unpaired) electrons. The first-order valence-electron chi connectivity index (χ1n) is 3.69. The summed E-state index contributed by atoms with van der Waals surface area (Å²) in [6.07, 6.45) is 1.78. The van der Waals surface area contributed by atoms with Crippen molar-refractivity contribution in [3.63, 3.8) is 0 Å². The van der Waals surface area contributed by atoms with E-state index in [1.807, 2.05) is 12.1 Å². The van der Waals surface area contributed by atoms with Crippen molar-refractivity contribution >= 4 is 15.9 Å². The van der Waals surface area contributed by atoms with Crippen LogP contribution in [0.2, 0.25) is 0 Å². The number of ether oxygens (including phenoxy) is 1. The predicted molar refractivity (Wildman–Crippen MR) is 48.6 cm³/mol. The molecule has 0 atom stereocenters. The van der Waals surface area contributed by atoms with Crippen molar-refractivity contribution < 1.29 is 4.74 Å². The van der Waals surface area contributed by atoms with Crippen LogP contribution in [0, 0.1) is 0 Å². The second-order valence-corrected chi connectivity index (χ2v) is 3.83. The highest BCUT2D eigenvalue weighted by molar-refractivity contribution is 9.10. The second kappa shape index (κ2) is 2.80. The molecule has 1 aliphatic heterocycles. The van der Waals surface area contributed by atoms with Gasteiger partial charge in [-0.25, -0.2) is 4.98 Å². The van der Waals surface area contributed by atoms with Crippen molar-refractivity contribution in [2.45, 2.75) is 5.54 Å². The van der Waals surface area contributed by atoms with Gasteiger partial charge in [0, 0.05) is 6.20 Å². The minimum absolute atomic E-state index is 0.298. The standard InChI is InChI=1S/C8H9BrN2O/c9-7-2-1-6(3-11-7)8(10)4-12-5-8/h1-3H,4-5,10H2. The predicted octanol–water partition coefficient (Wildman–Crippen LogP) is 1.03. The molecule has 0 bridgehead atoms. The minimum atomic E-state index is -0.298. The third kappa shape index (κ3) is 1.26. The van der Waals surface area contributed by atoms with Crippen molar-refractivity contribution in [3.8, 4) is 0 Å². The highest BCUT2D eigenvalue weighted by Crippen LogP contribution is 2.26. The summed E-state index contributed by atoms with van der Waals surface area (Å²) in [6.45, 7) is 1.19. The number of nitrogens with two attached hydrogens (primary N) is 1. The number of hydrogen-bond donors (Lipinski definition) is 1. The van der Waals surface area contributed by atoms with Crippen LogP contribution in [0.1, 0.15) is 5.56 Å². The van der Waals surface area contributed by atoms with E-state index in [4.69, 9.17) is 10.5 Å². The van der Waals surface area contributed by atoms with Crippen molar-refractivity contribution in [1.82, 2.24) is 4.98 Å². The van der Waals surface area contributed by atoms with Crippen LogP contribution >= 0.6 is 15.9 Å². The molecule has 1 fully saturated rings. The van der Waals surface area contributed by atoms with E-state index in [0.717, 1.165) is 10.2 Å². The first-order chi connectivity index (χ1) is 5.71. The van der Waals surface area contributed by atoms with Crippen LogP contribution in [-0.4, -0.2) is 18.2 Å².